The molecule has 0 aliphatic carbocycles. The molecule has 4 heteroatoms. The molecule has 0 bridgehead atoms. The topological polar surface area (TPSA) is 39.4 Å². The van der Waals surface area contributed by atoms with Gasteiger partial charge in [0, 0.05) is 6.07 Å². The van der Waals surface area contributed by atoms with E-state index in [1.807, 2.05) is 19.9 Å². The van der Waals surface area contributed by atoms with Gasteiger partial charge in [0.05, 0.1) is 18.5 Å². The van der Waals surface area contributed by atoms with Gasteiger partial charge >= 0.3 is 0 Å². The fourth-order valence-electron chi connectivity index (χ4n) is 1.25. The van der Waals surface area contributed by atoms with Crippen LogP contribution in [0.5, 0.6) is 5.88 Å². The predicted molar refractivity (Wildman–Crippen MR) is 49.0 cm³/mol. The van der Waals surface area contributed by atoms with Gasteiger partial charge in [0.25, 0.3) is 0 Å². The number of hydrogen-bond donors (Lipinski definition) is 0. The first-order valence-corrected chi connectivity index (χ1v) is 4.09. The van der Waals surface area contributed by atoms with Crippen LogP contribution < -0.4 is 4.74 Å². The van der Waals surface area contributed by atoms with Crippen LogP contribution in [0.15, 0.2) is 12.1 Å². The molecule has 0 aliphatic rings. The van der Waals surface area contributed by atoms with Crippen LogP contribution in [0.2, 0.25) is 0 Å². The number of imidazole rings is 1. The van der Waals surface area contributed by atoms with E-state index >= 15 is 0 Å². The van der Waals surface area contributed by atoms with Crippen molar-refractivity contribution >= 4 is 5.65 Å². The molecule has 2 aromatic heterocycles. The number of nitrogens with zero attached hydrogens (tertiary/aromatic N) is 3. The van der Waals surface area contributed by atoms with E-state index < -0.39 is 0 Å². The average molecular weight is 177 g/mol. The summed E-state index contributed by atoms with van der Waals surface area (Å²) in [5, 5.41) is 4.25. The maximum Gasteiger partial charge on any atom is 0.231 e. The molecule has 4 nitrogen and oxygen atoms in total. The van der Waals surface area contributed by atoms with Crippen LogP contribution in [0.1, 0.15) is 11.4 Å². The smallest absolute Gasteiger partial charge is 0.231 e. The largest absolute Gasteiger partial charge is 0.480 e. The fraction of sp³-hybridized carbons (Fsp3) is 0.333. The Morgan fingerprint density at radius 1 is 1.31 bits per heavy atom. The lowest BCUT2D eigenvalue weighted by atomic mass is 10.4. The van der Waals surface area contributed by atoms with Crippen LogP contribution in [-0.2, 0) is 0 Å². The van der Waals surface area contributed by atoms with Crippen molar-refractivity contribution < 1.29 is 4.74 Å². The molecule has 0 fully saturated rings. The van der Waals surface area contributed by atoms with Gasteiger partial charge in [-0.15, -0.1) is 5.10 Å². The third kappa shape index (κ3) is 1.14. The zero-order valence-corrected chi connectivity index (χ0v) is 7.90. The summed E-state index contributed by atoms with van der Waals surface area (Å²) in [5.41, 5.74) is 2.91. The lowest BCUT2D eigenvalue weighted by Gasteiger charge is -1.99. The van der Waals surface area contributed by atoms with Gasteiger partial charge in [0.15, 0.2) is 5.65 Å². The van der Waals surface area contributed by atoms with Crippen LogP contribution in [0, 0.1) is 13.8 Å². The maximum atomic E-state index is 5.03. The van der Waals surface area contributed by atoms with Gasteiger partial charge < -0.3 is 4.74 Å². The van der Waals surface area contributed by atoms with Crippen molar-refractivity contribution in [2.24, 2.45) is 0 Å². The average Bonchev–Trinajstić information content (AvgIpc) is 2.43. The van der Waals surface area contributed by atoms with Crippen molar-refractivity contribution in [3.05, 3.63) is 23.5 Å². The molecule has 2 aromatic rings. The fourth-order valence-corrected chi connectivity index (χ4v) is 1.25. The molecular formula is C9H11N3O. The number of rotatable bonds is 1. The van der Waals surface area contributed by atoms with E-state index in [0.717, 1.165) is 17.0 Å². The molecule has 0 saturated heterocycles. The van der Waals surface area contributed by atoms with Crippen molar-refractivity contribution in [3.63, 3.8) is 0 Å². The van der Waals surface area contributed by atoms with E-state index in [0.29, 0.717) is 5.88 Å². The summed E-state index contributed by atoms with van der Waals surface area (Å²) >= 11 is 0. The molecule has 13 heavy (non-hydrogen) atoms. The second-order valence-corrected chi connectivity index (χ2v) is 2.93. The quantitative estimate of drug-likeness (QED) is 0.660. The summed E-state index contributed by atoms with van der Waals surface area (Å²) in [7, 11) is 1.60. The Bertz CT molecular complexity index is 447. The van der Waals surface area contributed by atoms with Crippen molar-refractivity contribution in [2.45, 2.75) is 13.8 Å². The zero-order chi connectivity index (χ0) is 9.42. The first-order chi connectivity index (χ1) is 6.22. The zero-order valence-electron chi connectivity index (χ0n) is 7.90. The number of methoxy groups -OCH3 is 1. The van der Waals surface area contributed by atoms with Gasteiger partial charge in [-0.3, -0.25) is 0 Å². The second kappa shape index (κ2) is 2.73. The van der Waals surface area contributed by atoms with Crippen LogP contribution in [-0.4, -0.2) is 21.7 Å². The van der Waals surface area contributed by atoms with Crippen molar-refractivity contribution in [1.29, 1.82) is 0 Å². The van der Waals surface area contributed by atoms with E-state index in [4.69, 9.17) is 4.74 Å². The summed E-state index contributed by atoms with van der Waals surface area (Å²) < 4.78 is 6.81. The van der Waals surface area contributed by atoms with Crippen molar-refractivity contribution in [3.8, 4) is 5.88 Å². The van der Waals surface area contributed by atoms with Crippen molar-refractivity contribution in [1.82, 2.24) is 14.6 Å². The number of aryl methyl sites for hydroxylation is 2. The van der Waals surface area contributed by atoms with Crippen LogP contribution in [0.25, 0.3) is 5.65 Å². The highest BCUT2D eigenvalue weighted by molar-refractivity contribution is 5.42. The first kappa shape index (κ1) is 8.04. The minimum absolute atomic E-state index is 0.605. The molecule has 0 aromatic carbocycles. The van der Waals surface area contributed by atoms with Gasteiger partial charge in [-0.05, 0) is 19.9 Å². The van der Waals surface area contributed by atoms with E-state index in [1.165, 1.54) is 0 Å². The van der Waals surface area contributed by atoms with Crippen LogP contribution in [0.3, 0.4) is 0 Å². The molecule has 68 valence electrons. The molecule has 2 rings (SSSR count). The first-order valence-electron chi connectivity index (χ1n) is 4.09. The Morgan fingerprint density at radius 3 is 2.77 bits per heavy atom. The van der Waals surface area contributed by atoms with Gasteiger partial charge in [0.1, 0.15) is 0 Å². The van der Waals surface area contributed by atoms with E-state index in [2.05, 4.69) is 10.1 Å². The standard InChI is InChI=1S/C9H11N3O/c1-6-7(2)12-8(10-6)4-5-9(11-12)13-3/h4-5H,1-3H3. The molecule has 0 amide bonds. The molecule has 0 atom stereocenters. The summed E-state index contributed by atoms with van der Waals surface area (Å²) in [6.07, 6.45) is 0. The Labute approximate surface area is 76.2 Å². The maximum absolute atomic E-state index is 5.03. The lowest BCUT2D eigenvalue weighted by molar-refractivity contribution is 0.389. The molecule has 0 saturated carbocycles. The van der Waals surface area contributed by atoms with Gasteiger partial charge in [-0.2, -0.15) is 0 Å². The number of fused-ring (bicyclic) bond motifs is 1. The van der Waals surface area contributed by atoms with Gasteiger partial charge in [-0.1, -0.05) is 0 Å². The SMILES string of the molecule is COc1ccc2nc(C)c(C)n2n1. The minimum atomic E-state index is 0.605. The summed E-state index contributed by atoms with van der Waals surface area (Å²) in [6.45, 7) is 3.96. The number of ether oxygens (including phenoxy) is 1. The van der Waals surface area contributed by atoms with E-state index in [-0.39, 0.29) is 0 Å². The van der Waals surface area contributed by atoms with Crippen LogP contribution in [0.4, 0.5) is 0 Å². The highest BCUT2D eigenvalue weighted by atomic mass is 16.5. The summed E-state index contributed by atoms with van der Waals surface area (Å²) in [6, 6.07) is 3.70. The molecule has 2 heterocycles. The third-order valence-electron chi connectivity index (χ3n) is 2.12. The molecule has 0 spiro atoms. The molecule has 0 unspecified atom stereocenters. The Balaban J connectivity index is 2.75. The lowest BCUT2D eigenvalue weighted by Crippen LogP contribution is -1.96. The van der Waals surface area contributed by atoms with E-state index in [1.54, 1.807) is 17.7 Å². The number of hydrogen-bond acceptors (Lipinski definition) is 3. The minimum Gasteiger partial charge on any atom is -0.480 e. The van der Waals surface area contributed by atoms with Gasteiger partial charge in [-0.25, -0.2) is 9.50 Å². The van der Waals surface area contributed by atoms with Crippen molar-refractivity contribution in [2.75, 3.05) is 7.11 Å². The summed E-state index contributed by atoms with van der Waals surface area (Å²) in [4.78, 5) is 4.33. The van der Waals surface area contributed by atoms with Crippen LogP contribution >= 0.6 is 0 Å². The van der Waals surface area contributed by atoms with Gasteiger partial charge in [0.2, 0.25) is 5.88 Å². The Kier molecular flexibility index (Phi) is 1.69. The third-order valence-corrected chi connectivity index (χ3v) is 2.12. The molecule has 0 radical (unpaired) electrons. The Hall–Kier alpha value is -1.58. The monoisotopic (exact) mass is 177 g/mol. The highest BCUT2D eigenvalue weighted by Crippen LogP contribution is 2.12. The molecule has 0 N–H and O–H groups in total. The number of aromatic nitrogens is 3. The summed E-state index contributed by atoms with van der Waals surface area (Å²) in [5.74, 6) is 0.605. The van der Waals surface area contributed by atoms with E-state index in [9.17, 15) is 0 Å². The molecular weight excluding hydrogens is 166 g/mol. The normalized spacial score (nSPS) is 10.7. The predicted octanol–water partition coefficient (Wildman–Crippen LogP) is 1.35. The second-order valence-electron chi connectivity index (χ2n) is 2.93. The molecule has 0 aliphatic heterocycles. The highest BCUT2D eigenvalue weighted by Gasteiger charge is 2.05. The Morgan fingerprint density at radius 2 is 2.08 bits per heavy atom.